The molecule has 0 saturated heterocycles. The zero-order chi connectivity index (χ0) is 48.3. The molecule has 0 aromatic heterocycles. The SMILES string of the molecule is CCCCCCCCCCCCOCCCSC[C@H](NC(=O)OCC(Cl)(Cl)Cl)C(=O)N[C@@H](COC(C)(C)C)C(=O)N[C@@H](COC(C)(C)C)C(=O)N[C@@H](CC(N)=O)C(=O)OC(C)(C)C. The summed E-state index contributed by atoms with van der Waals surface area (Å²) in [7, 11) is 0. The van der Waals surface area contributed by atoms with E-state index in [0.29, 0.717) is 25.4 Å². The number of carbonyl (C=O) groups is 6. The van der Waals surface area contributed by atoms with Gasteiger partial charge < -0.3 is 50.7 Å². The number of thioether (sulfide) groups is 1. The fourth-order valence-electron chi connectivity index (χ4n) is 5.39. The standard InChI is InChI=1S/C43H78Cl3N5O11S/c1-11-12-13-14-15-16-17-18-19-20-22-58-23-21-24-63-28-33(51-39(57)59-29-43(44,45)46)37(55)50-32(27-61-41(5,6)7)36(54)49-31(26-60-40(2,3)4)35(53)48-30(25-34(47)52)38(56)62-42(8,9)10/h30-33H,11-29H2,1-10H3,(H2,47,52)(H,48,53)(H,49,54)(H,50,55)(H,51,57)/t30-,31-,32-,33-/m0/s1. The molecule has 0 unspecified atom stereocenters. The van der Waals surface area contributed by atoms with E-state index in [2.05, 4.69) is 28.2 Å². The number of primary amides is 1. The van der Waals surface area contributed by atoms with Gasteiger partial charge in [-0.15, -0.1) is 0 Å². The van der Waals surface area contributed by atoms with Crippen LogP contribution in [0.5, 0.6) is 0 Å². The maximum absolute atomic E-state index is 14.0. The van der Waals surface area contributed by atoms with E-state index >= 15 is 0 Å². The van der Waals surface area contributed by atoms with Crippen LogP contribution in [0.25, 0.3) is 0 Å². The molecule has 0 radical (unpaired) electrons. The van der Waals surface area contributed by atoms with E-state index in [1.807, 2.05) is 0 Å². The highest BCUT2D eigenvalue weighted by atomic mass is 35.6. The minimum Gasteiger partial charge on any atom is -0.458 e. The van der Waals surface area contributed by atoms with Crippen molar-refractivity contribution < 1.29 is 52.5 Å². The molecule has 0 aliphatic rings. The number of alkyl halides is 3. The van der Waals surface area contributed by atoms with Crippen molar-refractivity contribution in [2.75, 3.05) is 44.5 Å². The molecule has 368 valence electrons. The van der Waals surface area contributed by atoms with Crippen LogP contribution >= 0.6 is 46.6 Å². The van der Waals surface area contributed by atoms with Gasteiger partial charge in [0, 0.05) is 19.0 Å². The Labute approximate surface area is 395 Å². The second kappa shape index (κ2) is 31.6. The average Bonchev–Trinajstić information content (AvgIpc) is 3.14. The van der Waals surface area contributed by atoms with Crippen LogP contribution in [0.4, 0.5) is 4.79 Å². The Morgan fingerprint density at radius 1 is 0.587 bits per heavy atom. The van der Waals surface area contributed by atoms with Crippen molar-refractivity contribution in [3.05, 3.63) is 0 Å². The Kier molecular flexibility index (Phi) is 30.5. The maximum Gasteiger partial charge on any atom is 0.407 e. The van der Waals surface area contributed by atoms with E-state index in [0.717, 1.165) is 12.8 Å². The number of hydrogen-bond acceptors (Lipinski definition) is 12. The number of ether oxygens (including phenoxy) is 5. The van der Waals surface area contributed by atoms with Crippen molar-refractivity contribution in [1.82, 2.24) is 21.3 Å². The lowest BCUT2D eigenvalue weighted by Crippen LogP contribution is -2.61. The molecule has 16 nitrogen and oxygen atoms in total. The summed E-state index contributed by atoms with van der Waals surface area (Å²) < 4.78 is 26.0. The van der Waals surface area contributed by atoms with Gasteiger partial charge in [-0.3, -0.25) is 19.2 Å². The smallest absolute Gasteiger partial charge is 0.407 e. The highest BCUT2D eigenvalue weighted by Gasteiger charge is 2.35. The Morgan fingerprint density at radius 2 is 1.03 bits per heavy atom. The minimum atomic E-state index is -1.91. The van der Waals surface area contributed by atoms with Gasteiger partial charge in [0.15, 0.2) is 0 Å². The summed E-state index contributed by atoms with van der Waals surface area (Å²) in [5, 5.41) is 10.1. The van der Waals surface area contributed by atoms with Gasteiger partial charge in [0.25, 0.3) is 0 Å². The van der Waals surface area contributed by atoms with Gasteiger partial charge in [0.2, 0.25) is 27.4 Å². The van der Waals surface area contributed by atoms with E-state index in [1.165, 1.54) is 63.1 Å². The number of carbonyl (C=O) groups excluding carboxylic acids is 6. The number of halogens is 3. The van der Waals surface area contributed by atoms with Crippen molar-refractivity contribution in [1.29, 1.82) is 0 Å². The van der Waals surface area contributed by atoms with E-state index in [4.69, 9.17) is 64.2 Å². The van der Waals surface area contributed by atoms with Crippen LogP contribution in [0.1, 0.15) is 146 Å². The average molecular weight is 980 g/mol. The van der Waals surface area contributed by atoms with Crippen LogP contribution in [-0.4, -0.2) is 125 Å². The third-order valence-electron chi connectivity index (χ3n) is 8.52. The van der Waals surface area contributed by atoms with Gasteiger partial charge in [-0.1, -0.05) is 99.5 Å². The number of alkyl carbamates (subject to hydrolysis) is 1. The normalized spacial score (nSPS) is 14.2. The fourth-order valence-corrected chi connectivity index (χ4v) is 6.51. The number of unbranched alkanes of at least 4 members (excludes halogenated alkanes) is 9. The van der Waals surface area contributed by atoms with Gasteiger partial charge in [0.05, 0.1) is 30.8 Å². The molecule has 5 amide bonds. The molecular weight excluding hydrogens is 901 g/mol. The summed E-state index contributed by atoms with van der Waals surface area (Å²) >= 11 is 18.6. The summed E-state index contributed by atoms with van der Waals surface area (Å²) in [6, 6.07) is -5.58. The predicted molar refractivity (Wildman–Crippen MR) is 250 cm³/mol. The molecule has 20 heteroatoms. The first-order chi connectivity index (χ1) is 29.1. The fraction of sp³-hybridized carbons (Fsp3) is 0.860. The molecule has 0 rings (SSSR count). The van der Waals surface area contributed by atoms with Crippen LogP contribution in [-0.2, 0) is 47.7 Å². The van der Waals surface area contributed by atoms with Crippen LogP contribution in [0.15, 0.2) is 0 Å². The third-order valence-corrected chi connectivity index (χ3v) is 10.00. The van der Waals surface area contributed by atoms with Crippen molar-refractivity contribution in [2.24, 2.45) is 5.73 Å². The number of hydrogen-bond donors (Lipinski definition) is 5. The first-order valence-corrected chi connectivity index (χ1v) is 24.3. The second-order valence-corrected chi connectivity index (χ2v) is 22.0. The molecule has 0 aromatic carbocycles. The largest absolute Gasteiger partial charge is 0.458 e. The highest BCUT2D eigenvalue weighted by Crippen LogP contribution is 2.26. The van der Waals surface area contributed by atoms with Crippen LogP contribution < -0.4 is 27.0 Å². The Balaban J connectivity index is 5.92. The van der Waals surface area contributed by atoms with Crippen molar-refractivity contribution >= 4 is 82.3 Å². The van der Waals surface area contributed by atoms with Crippen LogP contribution in [0.3, 0.4) is 0 Å². The summed E-state index contributed by atoms with van der Waals surface area (Å²) in [6.07, 6.45) is 11.5. The lowest BCUT2D eigenvalue weighted by atomic mass is 10.1. The molecule has 0 saturated carbocycles. The predicted octanol–water partition coefficient (Wildman–Crippen LogP) is 6.81. The first kappa shape index (κ1) is 60.7. The number of amides is 5. The minimum absolute atomic E-state index is 0.0674. The Bertz CT molecular complexity index is 1370. The molecular formula is C43H78Cl3N5O11S. The summed E-state index contributed by atoms with van der Waals surface area (Å²) in [5.74, 6) is -3.68. The second-order valence-electron chi connectivity index (χ2n) is 18.3. The molecule has 0 aliphatic heterocycles. The topological polar surface area (TPSA) is 223 Å². The van der Waals surface area contributed by atoms with Crippen molar-refractivity contribution in [2.45, 2.75) is 191 Å². The molecule has 63 heavy (non-hydrogen) atoms. The van der Waals surface area contributed by atoms with Gasteiger partial charge in [0.1, 0.15) is 36.4 Å². The third kappa shape index (κ3) is 35.6. The van der Waals surface area contributed by atoms with Gasteiger partial charge in [-0.2, -0.15) is 11.8 Å². The number of nitrogens with one attached hydrogen (secondary N) is 4. The van der Waals surface area contributed by atoms with Crippen LogP contribution in [0.2, 0.25) is 0 Å². The molecule has 0 fully saturated rings. The van der Waals surface area contributed by atoms with E-state index in [-0.39, 0.29) is 19.0 Å². The van der Waals surface area contributed by atoms with Gasteiger partial charge in [-0.05, 0) is 80.9 Å². The molecule has 6 N–H and O–H groups in total. The number of esters is 1. The van der Waals surface area contributed by atoms with Crippen molar-refractivity contribution in [3.63, 3.8) is 0 Å². The summed E-state index contributed by atoms with van der Waals surface area (Å²) in [4.78, 5) is 79.2. The van der Waals surface area contributed by atoms with E-state index in [9.17, 15) is 28.8 Å². The highest BCUT2D eigenvalue weighted by molar-refractivity contribution is 7.99. The molecule has 0 bridgehead atoms. The zero-order valence-corrected chi connectivity index (χ0v) is 42.4. The Morgan fingerprint density at radius 3 is 1.48 bits per heavy atom. The van der Waals surface area contributed by atoms with Gasteiger partial charge in [-0.25, -0.2) is 9.59 Å². The first-order valence-electron chi connectivity index (χ1n) is 22.0. The molecule has 4 atom stereocenters. The number of nitrogens with two attached hydrogens (primary N) is 1. The maximum atomic E-state index is 14.0. The molecule has 0 aromatic rings. The molecule has 0 aliphatic carbocycles. The van der Waals surface area contributed by atoms with Crippen molar-refractivity contribution in [3.8, 4) is 0 Å². The number of rotatable bonds is 32. The van der Waals surface area contributed by atoms with E-state index in [1.54, 1.807) is 62.3 Å². The quantitative estimate of drug-likeness (QED) is 0.0267. The lowest BCUT2D eigenvalue weighted by molar-refractivity contribution is -0.160. The zero-order valence-electron chi connectivity index (χ0n) is 39.4. The Hall–Kier alpha value is -2.28. The van der Waals surface area contributed by atoms with Crippen LogP contribution in [0, 0.1) is 0 Å². The molecule has 0 heterocycles. The summed E-state index contributed by atoms with van der Waals surface area (Å²) in [5.41, 5.74) is 2.88. The molecule has 0 spiro atoms. The monoisotopic (exact) mass is 977 g/mol. The summed E-state index contributed by atoms with van der Waals surface area (Å²) in [6.45, 7) is 17.4. The lowest BCUT2D eigenvalue weighted by Gasteiger charge is -2.30. The van der Waals surface area contributed by atoms with E-state index < -0.39 is 93.5 Å². The van der Waals surface area contributed by atoms with Gasteiger partial charge >= 0.3 is 12.1 Å².